The minimum Gasteiger partial charge on any atom is -1.00 e. The van der Waals surface area contributed by atoms with E-state index in [2.05, 4.69) is 86.5 Å². The second-order valence-corrected chi connectivity index (χ2v) is 8.84. The standard InChI is InChI=1S/C22H21.C7H7.CH2.2ClH.Zr/c1-22(2,3)16-13-12-15(14-16)21-19-10-6-4-8-17(19)18-9-5-7-11-20(18)21;1-7-5-3-2-4-6-7;;;;/h4-10,13-14,21H,12H2,1-3H3;2-6H,1H2;1H2;2*1H;/q2*-1;;;;+2/p-2. The third kappa shape index (κ3) is 6.92. The minimum atomic E-state index is 0. The van der Waals surface area contributed by atoms with Gasteiger partial charge in [0, 0.05) is 5.92 Å². The van der Waals surface area contributed by atoms with Gasteiger partial charge in [-0.25, -0.2) is 0 Å². The molecule has 0 bridgehead atoms. The summed E-state index contributed by atoms with van der Waals surface area (Å²) >= 11 is 1.30. The molecule has 0 saturated heterocycles. The average molecular weight is 553 g/mol. The van der Waals surface area contributed by atoms with Crippen LogP contribution in [0.3, 0.4) is 0 Å². The fraction of sp³-hybridized carbons (Fsp3) is 0.200. The van der Waals surface area contributed by atoms with Crippen molar-refractivity contribution in [2.45, 2.75) is 33.1 Å². The van der Waals surface area contributed by atoms with E-state index in [1.54, 1.807) is 0 Å². The van der Waals surface area contributed by atoms with Crippen molar-refractivity contribution in [2.24, 2.45) is 5.41 Å². The van der Waals surface area contributed by atoms with Gasteiger partial charge in [-0.1, -0.05) is 74.4 Å². The first-order chi connectivity index (χ1) is 14.9. The van der Waals surface area contributed by atoms with Gasteiger partial charge in [-0.3, -0.25) is 0 Å². The second kappa shape index (κ2) is 13.3. The quantitative estimate of drug-likeness (QED) is 0.404. The van der Waals surface area contributed by atoms with E-state index in [9.17, 15) is 0 Å². The molecule has 0 amide bonds. The first kappa shape index (κ1) is 29.4. The largest absolute Gasteiger partial charge is 1.00 e. The molecule has 3 heteroatoms. The fourth-order valence-corrected chi connectivity index (χ4v) is 4.21. The zero-order valence-corrected chi connectivity index (χ0v) is 23.5. The maximum Gasteiger partial charge on any atom is -1.00 e. The van der Waals surface area contributed by atoms with Crippen molar-refractivity contribution in [1.29, 1.82) is 0 Å². The summed E-state index contributed by atoms with van der Waals surface area (Å²) in [5.41, 5.74) is 9.79. The number of hydrogen-bond donors (Lipinski definition) is 0. The predicted molar refractivity (Wildman–Crippen MR) is 131 cm³/mol. The smallest absolute Gasteiger partial charge is 1.00 e. The maximum atomic E-state index is 3.72. The third-order valence-electron chi connectivity index (χ3n) is 5.72. The van der Waals surface area contributed by atoms with Crippen molar-refractivity contribution in [3.8, 4) is 11.1 Å². The summed E-state index contributed by atoms with van der Waals surface area (Å²) < 4.78 is 3.34. The van der Waals surface area contributed by atoms with Gasteiger partial charge in [0.2, 0.25) is 0 Å². The Labute approximate surface area is 227 Å². The van der Waals surface area contributed by atoms with Crippen LogP contribution in [0.4, 0.5) is 0 Å². The summed E-state index contributed by atoms with van der Waals surface area (Å²) in [6.07, 6.45) is 5.89. The van der Waals surface area contributed by atoms with Crippen molar-refractivity contribution in [3.05, 3.63) is 126 Å². The Bertz CT molecular complexity index is 1050. The number of allylic oxidation sites excluding steroid dienone is 4. The van der Waals surface area contributed by atoms with E-state index in [-0.39, 0.29) is 30.2 Å². The van der Waals surface area contributed by atoms with E-state index in [1.165, 1.54) is 57.6 Å². The summed E-state index contributed by atoms with van der Waals surface area (Å²) in [6, 6.07) is 28.6. The number of fused-ring (bicyclic) bond motifs is 3. The van der Waals surface area contributed by atoms with E-state index in [1.807, 2.05) is 36.4 Å². The molecule has 0 saturated carbocycles. The van der Waals surface area contributed by atoms with E-state index in [0.29, 0.717) is 5.92 Å². The van der Waals surface area contributed by atoms with Gasteiger partial charge in [0.15, 0.2) is 0 Å². The van der Waals surface area contributed by atoms with Gasteiger partial charge >= 0.3 is 28.4 Å². The molecular formula is C30H30Cl2Zr-2. The van der Waals surface area contributed by atoms with Crippen LogP contribution >= 0.6 is 0 Å². The fourth-order valence-electron chi connectivity index (χ4n) is 4.21. The Morgan fingerprint density at radius 2 is 1.48 bits per heavy atom. The Morgan fingerprint density at radius 1 is 0.879 bits per heavy atom. The molecule has 0 nitrogen and oxygen atoms in total. The Balaban J connectivity index is 0.000000425. The summed E-state index contributed by atoms with van der Waals surface area (Å²) in [6.45, 7) is 10.6. The van der Waals surface area contributed by atoms with E-state index >= 15 is 0 Å². The van der Waals surface area contributed by atoms with Crippen LogP contribution in [-0.4, -0.2) is 4.21 Å². The molecule has 3 aromatic carbocycles. The normalized spacial score (nSPS) is 15.0. The van der Waals surface area contributed by atoms with Crippen molar-refractivity contribution in [2.75, 3.05) is 0 Å². The molecule has 3 aromatic rings. The topological polar surface area (TPSA) is 0 Å². The van der Waals surface area contributed by atoms with Crippen LogP contribution in [0.25, 0.3) is 11.1 Å². The number of hydrogen-bond acceptors (Lipinski definition) is 0. The van der Waals surface area contributed by atoms with Crippen LogP contribution in [0.5, 0.6) is 0 Å². The van der Waals surface area contributed by atoms with Crippen LogP contribution in [0.1, 0.15) is 49.8 Å². The molecular weight excluding hydrogens is 522 g/mol. The Morgan fingerprint density at radius 3 is 2.06 bits per heavy atom. The van der Waals surface area contributed by atoms with Gasteiger partial charge in [-0.15, -0.1) is 23.3 Å². The zero-order chi connectivity index (χ0) is 22.4. The summed E-state index contributed by atoms with van der Waals surface area (Å²) in [7, 11) is 0. The van der Waals surface area contributed by atoms with Crippen molar-refractivity contribution < 1.29 is 49.0 Å². The molecule has 0 N–H and O–H groups in total. The summed E-state index contributed by atoms with van der Waals surface area (Å²) in [5.74, 6) is 0.378. The molecule has 2 aliphatic carbocycles. The van der Waals surface area contributed by atoms with Crippen molar-refractivity contribution in [1.82, 2.24) is 0 Å². The first-order valence-corrected chi connectivity index (χ1v) is 12.4. The molecule has 170 valence electrons. The Kier molecular flexibility index (Phi) is 11.8. The van der Waals surface area contributed by atoms with E-state index in [4.69, 9.17) is 0 Å². The predicted octanol–water partition coefficient (Wildman–Crippen LogP) is 1.74. The monoisotopic (exact) mass is 550 g/mol. The number of benzene rings is 3. The molecule has 2 aliphatic rings. The van der Waals surface area contributed by atoms with Crippen LogP contribution in [0.15, 0.2) is 96.1 Å². The summed E-state index contributed by atoms with van der Waals surface area (Å²) in [5, 5.41) is 0. The van der Waals surface area contributed by atoms with Crippen LogP contribution in [0.2, 0.25) is 0 Å². The molecule has 0 radical (unpaired) electrons. The second-order valence-electron chi connectivity index (χ2n) is 8.84. The van der Waals surface area contributed by atoms with Crippen LogP contribution < -0.4 is 24.8 Å². The minimum absolute atomic E-state index is 0. The van der Waals surface area contributed by atoms with Gasteiger partial charge in [-0.05, 0) is 23.0 Å². The number of halogens is 2. The molecule has 5 rings (SSSR count). The van der Waals surface area contributed by atoms with Gasteiger partial charge in [0.25, 0.3) is 0 Å². The molecule has 1 unspecified atom stereocenters. The zero-order valence-electron chi connectivity index (χ0n) is 19.5. The van der Waals surface area contributed by atoms with Gasteiger partial charge < -0.3 is 24.8 Å². The number of rotatable bonds is 1. The summed E-state index contributed by atoms with van der Waals surface area (Å²) in [4.78, 5) is 0. The van der Waals surface area contributed by atoms with Gasteiger partial charge in [0.05, 0.1) is 0 Å². The van der Waals surface area contributed by atoms with Gasteiger partial charge in [-0.2, -0.15) is 48.9 Å². The molecule has 0 aromatic heterocycles. The van der Waals surface area contributed by atoms with E-state index in [0.717, 1.165) is 12.0 Å². The average Bonchev–Trinajstić information content (AvgIpc) is 3.39. The molecule has 0 spiro atoms. The third-order valence-corrected chi connectivity index (χ3v) is 5.72. The Hall–Kier alpha value is -1.66. The molecule has 0 heterocycles. The SMILES string of the molecule is CC(C)(C)C1=CCC(C2c3[c-]cccc3-c3ccccc32)=C1.[CH2-]c1ccccc1.[CH2]=[Zr+2].[Cl-].[Cl-]. The van der Waals surface area contributed by atoms with Gasteiger partial charge in [0.1, 0.15) is 0 Å². The molecule has 0 aliphatic heterocycles. The first-order valence-electron chi connectivity index (χ1n) is 10.7. The molecule has 1 atom stereocenters. The van der Waals surface area contributed by atoms with Crippen LogP contribution in [0, 0.1) is 18.4 Å². The van der Waals surface area contributed by atoms with Crippen LogP contribution in [-0.2, 0) is 24.2 Å². The molecule has 33 heavy (non-hydrogen) atoms. The van der Waals surface area contributed by atoms with E-state index < -0.39 is 0 Å². The van der Waals surface area contributed by atoms with Crippen molar-refractivity contribution >= 4 is 4.21 Å². The molecule has 0 fully saturated rings. The van der Waals surface area contributed by atoms with Crippen molar-refractivity contribution in [3.63, 3.8) is 0 Å². The maximum absolute atomic E-state index is 3.72.